The van der Waals surface area contributed by atoms with E-state index in [1.54, 1.807) is 0 Å². The van der Waals surface area contributed by atoms with Gasteiger partial charge in [-0.3, -0.25) is 0 Å². The van der Waals surface area contributed by atoms with Crippen molar-refractivity contribution in [3.63, 3.8) is 0 Å². The third-order valence-corrected chi connectivity index (χ3v) is 8.69. The number of nitrogens with zero attached hydrogens (tertiary/aromatic N) is 2. The van der Waals surface area contributed by atoms with Gasteiger partial charge in [-0.2, -0.15) is 0 Å². The van der Waals surface area contributed by atoms with Crippen LogP contribution in [0.5, 0.6) is 0 Å². The van der Waals surface area contributed by atoms with Gasteiger partial charge in [0.05, 0.1) is 0 Å². The standard InChI is InChI=1S/C30H59BrN2/c1-4-7-9-11-13-14-15-16-17-18-19-20-22-24-27-33-29-28-32(30(33,31)25-6-3)26-23-21-12-10-8-5-2/h28-29H,4-27H2,1-3H3. The number of unbranched alkanes of at least 4 members (excludes halogenated alkanes) is 18. The fourth-order valence-corrected chi connectivity index (χ4v) is 6.18. The second-order valence-electron chi connectivity index (χ2n) is 10.5. The lowest BCUT2D eigenvalue weighted by atomic mass is 10.0. The highest BCUT2D eigenvalue weighted by molar-refractivity contribution is 9.10. The van der Waals surface area contributed by atoms with Gasteiger partial charge >= 0.3 is 0 Å². The first-order valence-corrected chi connectivity index (χ1v) is 15.9. The molecule has 0 bridgehead atoms. The number of halogens is 1. The summed E-state index contributed by atoms with van der Waals surface area (Å²) in [7, 11) is 0. The molecule has 196 valence electrons. The van der Waals surface area contributed by atoms with Crippen molar-refractivity contribution in [1.29, 1.82) is 0 Å². The molecule has 0 aromatic carbocycles. The van der Waals surface area contributed by atoms with E-state index < -0.39 is 0 Å². The Hall–Kier alpha value is -0.180. The van der Waals surface area contributed by atoms with E-state index in [9.17, 15) is 0 Å². The highest BCUT2D eigenvalue weighted by Gasteiger charge is 2.39. The molecular formula is C30H59BrN2. The summed E-state index contributed by atoms with van der Waals surface area (Å²) in [6.45, 7) is 9.28. The third-order valence-electron chi connectivity index (χ3n) is 7.38. The van der Waals surface area contributed by atoms with Gasteiger partial charge in [-0.05, 0) is 35.2 Å². The van der Waals surface area contributed by atoms with Crippen LogP contribution in [0.15, 0.2) is 12.4 Å². The van der Waals surface area contributed by atoms with E-state index >= 15 is 0 Å². The minimum absolute atomic E-state index is 0.0295. The van der Waals surface area contributed by atoms with Crippen LogP contribution in [-0.4, -0.2) is 27.5 Å². The summed E-state index contributed by atoms with van der Waals surface area (Å²) in [4.78, 5) is 5.15. The lowest BCUT2D eigenvalue weighted by Crippen LogP contribution is -2.48. The Morgan fingerprint density at radius 1 is 0.455 bits per heavy atom. The van der Waals surface area contributed by atoms with Gasteiger partial charge in [0.2, 0.25) is 0 Å². The fourth-order valence-electron chi connectivity index (χ4n) is 5.19. The maximum atomic E-state index is 4.16. The van der Waals surface area contributed by atoms with E-state index in [4.69, 9.17) is 0 Å². The van der Waals surface area contributed by atoms with Crippen molar-refractivity contribution in [1.82, 2.24) is 9.80 Å². The summed E-state index contributed by atoms with van der Waals surface area (Å²) in [5, 5.41) is 0. The molecule has 3 heteroatoms. The Balaban J connectivity index is 2.07. The minimum atomic E-state index is 0.0295. The van der Waals surface area contributed by atoms with E-state index in [-0.39, 0.29) is 4.57 Å². The third kappa shape index (κ3) is 14.1. The van der Waals surface area contributed by atoms with E-state index in [2.05, 4.69) is 58.9 Å². The van der Waals surface area contributed by atoms with Crippen LogP contribution >= 0.6 is 15.9 Å². The van der Waals surface area contributed by atoms with E-state index in [0.717, 1.165) is 0 Å². The van der Waals surface area contributed by atoms with Crippen LogP contribution in [0.1, 0.15) is 162 Å². The number of alkyl halides is 1. The maximum absolute atomic E-state index is 4.16. The lowest BCUT2D eigenvalue weighted by molar-refractivity contribution is 0.111. The molecule has 33 heavy (non-hydrogen) atoms. The highest BCUT2D eigenvalue weighted by atomic mass is 79.9. The van der Waals surface area contributed by atoms with Gasteiger partial charge in [-0.25, -0.2) is 0 Å². The van der Waals surface area contributed by atoms with Crippen molar-refractivity contribution in [2.45, 2.75) is 167 Å². The van der Waals surface area contributed by atoms with Gasteiger partial charge < -0.3 is 9.80 Å². The number of hydrogen-bond acceptors (Lipinski definition) is 2. The van der Waals surface area contributed by atoms with Crippen molar-refractivity contribution < 1.29 is 0 Å². The average molecular weight is 528 g/mol. The molecule has 1 rings (SSSR count). The number of hydrogen-bond donors (Lipinski definition) is 0. The molecule has 1 aliphatic heterocycles. The van der Waals surface area contributed by atoms with Crippen molar-refractivity contribution in [3.8, 4) is 0 Å². The summed E-state index contributed by atoms with van der Waals surface area (Å²) in [5.74, 6) is 0. The molecule has 0 aromatic heterocycles. The van der Waals surface area contributed by atoms with Gasteiger partial charge in [0.25, 0.3) is 0 Å². The van der Waals surface area contributed by atoms with Crippen LogP contribution in [0, 0.1) is 0 Å². The summed E-state index contributed by atoms with van der Waals surface area (Å²) in [6.07, 6.45) is 35.4. The summed E-state index contributed by atoms with van der Waals surface area (Å²) >= 11 is 4.16. The predicted molar refractivity (Wildman–Crippen MR) is 153 cm³/mol. The molecule has 0 radical (unpaired) electrons. The van der Waals surface area contributed by atoms with Gasteiger partial charge in [-0.1, -0.05) is 143 Å². The van der Waals surface area contributed by atoms with Crippen molar-refractivity contribution in [2.75, 3.05) is 13.1 Å². The van der Waals surface area contributed by atoms with E-state index in [1.807, 2.05) is 0 Å². The van der Waals surface area contributed by atoms with Crippen molar-refractivity contribution >= 4 is 15.9 Å². The lowest BCUT2D eigenvalue weighted by Gasteiger charge is -2.41. The molecule has 0 fully saturated rings. The molecule has 0 N–H and O–H groups in total. The smallest absolute Gasteiger partial charge is 0.169 e. The molecule has 0 aliphatic carbocycles. The normalized spacial score (nSPS) is 18.1. The molecule has 0 aromatic rings. The summed E-state index contributed by atoms with van der Waals surface area (Å²) in [5.41, 5.74) is 0. The van der Waals surface area contributed by atoms with Crippen LogP contribution in [0.2, 0.25) is 0 Å². The molecule has 1 heterocycles. The highest BCUT2D eigenvalue weighted by Crippen LogP contribution is 2.38. The van der Waals surface area contributed by atoms with E-state index in [1.165, 1.54) is 154 Å². The molecule has 1 unspecified atom stereocenters. The van der Waals surface area contributed by atoms with Crippen LogP contribution in [0.25, 0.3) is 0 Å². The Bertz CT molecular complexity index is 453. The second kappa shape index (κ2) is 21.1. The zero-order valence-electron chi connectivity index (χ0n) is 22.9. The van der Waals surface area contributed by atoms with Gasteiger partial charge in [0.1, 0.15) is 0 Å². The zero-order valence-corrected chi connectivity index (χ0v) is 24.5. The first-order chi connectivity index (χ1) is 16.2. The predicted octanol–water partition coefficient (Wildman–Crippen LogP) is 10.8. The average Bonchev–Trinajstić information content (AvgIpc) is 3.11. The second-order valence-corrected chi connectivity index (χ2v) is 11.8. The monoisotopic (exact) mass is 526 g/mol. The SMILES string of the molecule is CCCCCCCCCCCCCCCCN1C=CN(CCCCCCCC)C1(Br)CCC. The molecule has 0 spiro atoms. The van der Waals surface area contributed by atoms with Gasteiger partial charge in [0.15, 0.2) is 4.57 Å². The van der Waals surface area contributed by atoms with Crippen LogP contribution in [0.3, 0.4) is 0 Å². The summed E-state index contributed by atoms with van der Waals surface area (Å²) in [6, 6.07) is 0. The van der Waals surface area contributed by atoms with Crippen LogP contribution < -0.4 is 0 Å². The Labute approximate surface area is 217 Å². The summed E-state index contributed by atoms with van der Waals surface area (Å²) < 4.78 is 0.0295. The first-order valence-electron chi connectivity index (χ1n) is 15.1. The zero-order chi connectivity index (χ0) is 24.0. The van der Waals surface area contributed by atoms with Crippen molar-refractivity contribution in [2.24, 2.45) is 0 Å². The molecular weight excluding hydrogens is 468 g/mol. The van der Waals surface area contributed by atoms with Gasteiger partial charge in [-0.15, -0.1) is 0 Å². The molecule has 0 amide bonds. The molecule has 0 saturated heterocycles. The molecule has 0 saturated carbocycles. The van der Waals surface area contributed by atoms with Gasteiger partial charge in [0, 0.05) is 25.5 Å². The Morgan fingerprint density at radius 3 is 1.06 bits per heavy atom. The fraction of sp³-hybridized carbons (Fsp3) is 0.933. The minimum Gasteiger partial charge on any atom is -0.345 e. The van der Waals surface area contributed by atoms with Crippen LogP contribution in [0.4, 0.5) is 0 Å². The first kappa shape index (κ1) is 30.9. The molecule has 1 aliphatic rings. The topological polar surface area (TPSA) is 6.48 Å². The largest absolute Gasteiger partial charge is 0.345 e. The quantitative estimate of drug-likeness (QED) is 0.0700. The number of rotatable bonds is 24. The van der Waals surface area contributed by atoms with Crippen LogP contribution in [-0.2, 0) is 0 Å². The van der Waals surface area contributed by atoms with E-state index in [0.29, 0.717) is 0 Å². The molecule has 1 atom stereocenters. The maximum Gasteiger partial charge on any atom is 0.169 e. The molecule has 2 nitrogen and oxygen atoms in total. The van der Waals surface area contributed by atoms with Crippen molar-refractivity contribution in [3.05, 3.63) is 12.4 Å². The Morgan fingerprint density at radius 2 is 0.758 bits per heavy atom. The Kier molecular flexibility index (Phi) is 19.8.